The Bertz CT molecular complexity index is 482. The summed E-state index contributed by atoms with van der Waals surface area (Å²) >= 11 is 0. The second-order valence-electron chi connectivity index (χ2n) is 5.91. The van der Waals surface area contributed by atoms with Gasteiger partial charge in [0.25, 0.3) is 0 Å². The normalized spacial score (nSPS) is 24.2. The Morgan fingerprint density at radius 3 is 2.86 bits per heavy atom. The number of nitrogens with zero attached hydrogens (tertiary/aromatic N) is 3. The lowest BCUT2D eigenvalue weighted by atomic mass is 9.97. The number of carbonyl (C=O) groups is 1. The van der Waals surface area contributed by atoms with Crippen molar-refractivity contribution in [2.75, 3.05) is 26.3 Å². The number of carbonyl (C=O) groups excluding carboxylic acids is 1. The van der Waals surface area contributed by atoms with Gasteiger partial charge in [0.05, 0.1) is 5.92 Å². The van der Waals surface area contributed by atoms with Crippen LogP contribution in [0.25, 0.3) is 0 Å². The van der Waals surface area contributed by atoms with Crippen LogP contribution in [-0.2, 0) is 9.53 Å². The lowest BCUT2D eigenvalue weighted by Crippen LogP contribution is -2.38. The van der Waals surface area contributed by atoms with Crippen LogP contribution in [0.5, 0.6) is 0 Å². The zero-order valence-electron chi connectivity index (χ0n) is 12.6. The van der Waals surface area contributed by atoms with Crippen LogP contribution in [0, 0.1) is 0 Å². The molecule has 0 bridgehead atoms. The maximum atomic E-state index is 11.8. The van der Waals surface area contributed by atoms with E-state index in [0.29, 0.717) is 24.8 Å². The number of rotatable bonds is 3. The predicted octanol–water partition coefficient (Wildman–Crippen LogP) is 2.08. The molecule has 1 unspecified atom stereocenters. The third-order valence-electron chi connectivity index (χ3n) is 4.47. The van der Waals surface area contributed by atoms with Crippen LogP contribution in [0.2, 0.25) is 0 Å². The first-order valence-electron chi connectivity index (χ1n) is 7.97. The van der Waals surface area contributed by atoms with Gasteiger partial charge in [-0.15, -0.1) is 0 Å². The molecule has 0 spiro atoms. The highest BCUT2D eigenvalue weighted by atomic mass is 16.5. The molecule has 2 saturated heterocycles. The van der Waals surface area contributed by atoms with Gasteiger partial charge in [0, 0.05) is 38.6 Å². The molecule has 2 aliphatic rings. The van der Waals surface area contributed by atoms with E-state index in [4.69, 9.17) is 9.26 Å². The second-order valence-corrected chi connectivity index (χ2v) is 5.91. The van der Waals surface area contributed by atoms with Gasteiger partial charge in [-0.3, -0.25) is 4.79 Å². The monoisotopic (exact) mass is 293 g/mol. The van der Waals surface area contributed by atoms with Crippen molar-refractivity contribution in [3.63, 3.8) is 0 Å². The Balaban J connectivity index is 1.66. The average Bonchev–Trinajstić information content (AvgIpc) is 3.05. The van der Waals surface area contributed by atoms with E-state index in [9.17, 15) is 4.79 Å². The molecule has 6 nitrogen and oxygen atoms in total. The van der Waals surface area contributed by atoms with Crippen LogP contribution in [0.1, 0.15) is 62.6 Å². The van der Waals surface area contributed by atoms with Crippen LogP contribution in [0.15, 0.2) is 4.52 Å². The molecule has 0 N–H and O–H groups in total. The molecular formula is C15H23N3O3. The molecule has 0 radical (unpaired) electrons. The molecule has 21 heavy (non-hydrogen) atoms. The van der Waals surface area contributed by atoms with Gasteiger partial charge in [-0.1, -0.05) is 12.1 Å². The standard InChI is InChI=1S/C15H23N3O3/c1-2-13(19)18-7-3-4-12(10-18)15-16-14(17-21-15)11-5-8-20-9-6-11/h11-12H,2-10H2,1H3. The summed E-state index contributed by atoms with van der Waals surface area (Å²) in [5.41, 5.74) is 0. The van der Waals surface area contributed by atoms with Gasteiger partial charge in [0.2, 0.25) is 11.8 Å². The highest BCUT2D eigenvalue weighted by Crippen LogP contribution is 2.29. The predicted molar refractivity (Wildman–Crippen MR) is 75.9 cm³/mol. The molecule has 0 aliphatic carbocycles. The van der Waals surface area contributed by atoms with E-state index in [0.717, 1.165) is 51.3 Å². The highest BCUT2D eigenvalue weighted by molar-refractivity contribution is 5.75. The van der Waals surface area contributed by atoms with Crippen LogP contribution >= 0.6 is 0 Å². The van der Waals surface area contributed by atoms with E-state index in [-0.39, 0.29) is 11.8 Å². The summed E-state index contributed by atoms with van der Waals surface area (Å²) < 4.78 is 10.8. The summed E-state index contributed by atoms with van der Waals surface area (Å²) in [5, 5.41) is 4.16. The average molecular weight is 293 g/mol. The first kappa shape index (κ1) is 14.5. The number of hydrogen-bond donors (Lipinski definition) is 0. The molecule has 6 heteroatoms. The molecule has 0 aromatic carbocycles. The fourth-order valence-electron chi connectivity index (χ4n) is 3.16. The van der Waals surface area contributed by atoms with Gasteiger partial charge in [-0.05, 0) is 25.7 Å². The van der Waals surface area contributed by atoms with Gasteiger partial charge in [0.15, 0.2) is 5.82 Å². The lowest BCUT2D eigenvalue weighted by molar-refractivity contribution is -0.132. The lowest BCUT2D eigenvalue weighted by Gasteiger charge is -2.30. The van der Waals surface area contributed by atoms with Crippen molar-refractivity contribution < 1.29 is 14.1 Å². The maximum Gasteiger partial charge on any atom is 0.231 e. The van der Waals surface area contributed by atoms with Crippen molar-refractivity contribution in [3.8, 4) is 0 Å². The molecule has 2 aliphatic heterocycles. The summed E-state index contributed by atoms with van der Waals surface area (Å²) in [4.78, 5) is 18.4. The molecule has 0 saturated carbocycles. The van der Waals surface area contributed by atoms with Gasteiger partial charge in [-0.25, -0.2) is 0 Å². The van der Waals surface area contributed by atoms with Crippen molar-refractivity contribution in [1.29, 1.82) is 0 Å². The summed E-state index contributed by atoms with van der Waals surface area (Å²) in [6.07, 6.45) is 4.51. The highest BCUT2D eigenvalue weighted by Gasteiger charge is 2.29. The Kier molecular flexibility index (Phi) is 4.53. The van der Waals surface area contributed by atoms with Gasteiger partial charge >= 0.3 is 0 Å². The first-order chi connectivity index (χ1) is 10.3. The smallest absolute Gasteiger partial charge is 0.231 e. The number of piperidine rings is 1. The number of hydrogen-bond acceptors (Lipinski definition) is 5. The van der Waals surface area contributed by atoms with Crippen LogP contribution in [0.4, 0.5) is 0 Å². The fraction of sp³-hybridized carbons (Fsp3) is 0.800. The Hall–Kier alpha value is -1.43. The van der Waals surface area contributed by atoms with E-state index in [1.165, 1.54) is 0 Å². The number of likely N-dealkylation sites (tertiary alicyclic amines) is 1. The fourth-order valence-corrected chi connectivity index (χ4v) is 3.16. The molecule has 3 rings (SSSR count). The van der Waals surface area contributed by atoms with Crippen LogP contribution < -0.4 is 0 Å². The van der Waals surface area contributed by atoms with Gasteiger partial charge in [0.1, 0.15) is 0 Å². The summed E-state index contributed by atoms with van der Waals surface area (Å²) in [7, 11) is 0. The second kappa shape index (κ2) is 6.56. The van der Waals surface area contributed by atoms with Crippen molar-refractivity contribution in [2.24, 2.45) is 0 Å². The largest absolute Gasteiger partial charge is 0.381 e. The van der Waals surface area contributed by atoms with E-state index < -0.39 is 0 Å². The quantitative estimate of drug-likeness (QED) is 0.853. The van der Waals surface area contributed by atoms with E-state index >= 15 is 0 Å². The molecule has 2 fully saturated rings. The van der Waals surface area contributed by atoms with Crippen molar-refractivity contribution >= 4 is 5.91 Å². The molecule has 1 atom stereocenters. The number of ether oxygens (including phenoxy) is 1. The minimum Gasteiger partial charge on any atom is -0.381 e. The molecule has 3 heterocycles. The third-order valence-corrected chi connectivity index (χ3v) is 4.47. The molecule has 1 aromatic rings. The van der Waals surface area contributed by atoms with E-state index in [1.807, 2.05) is 11.8 Å². The van der Waals surface area contributed by atoms with E-state index in [1.54, 1.807) is 0 Å². The third kappa shape index (κ3) is 3.26. The van der Waals surface area contributed by atoms with Crippen molar-refractivity contribution in [1.82, 2.24) is 15.0 Å². The van der Waals surface area contributed by atoms with Gasteiger partial charge < -0.3 is 14.2 Å². The van der Waals surface area contributed by atoms with Crippen LogP contribution in [-0.4, -0.2) is 47.3 Å². The topological polar surface area (TPSA) is 68.5 Å². The summed E-state index contributed by atoms with van der Waals surface area (Å²) in [6, 6.07) is 0. The molecule has 1 amide bonds. The minimum atomic E-state index is 0.190. The minimum absolute atomic E-state index is 0.190. The van der Waals surface area contributed by atoms with Crippen LogP contribution in [0.3, 0.4) is 0 Å². The zero-order chi connectivity index (χ0) is 14.7. The Morgan fingerprint density at radius 2 is 2.10 bits per heavy atom. The summed E-state index contributed by atoms with van der Waals surface area (Å²) in [6.45, 7) is 5.02. The van der Waals surface area contributed by atoms with Crippen molar-refractivity contribution in [2.45, 2.75) is 50.9 Å². The Labute approximate surface area is 124 Å². The Morgan fingerprint density at radius 1 is 1.29 bits per heavy atom. The maximum absolute atomic E-state index is 11.8. The van der Waals surface area contributed by atoms with E-state index in [2.05, 4.69) is 10.1 Å². The molecule has 116 valence electrons. The van der Waals surface area contributed by atoms with Crippen molar-refractivity contribution in [3.05, 3.63) is 11.7 Å². The first-order valence-corrected chi connectivity index (χ1v) is 7.97. The number of amides is 1. The molecule has 1 aromatic heterocycles. The zero-order valence-corrected chi connectivity index (χ0v) is 12.6. The SMILES string of the molecule is CCC(=O)N1CCCC(c2nc(C3CCOCC3)no2)C1. The molecular weight excluding hydrogens is 270 g/mol. The number of aromatic nitrogens is 2. The van der Waals surface area contributed by atoms with Gasteiger partial charge in [-0.2, -0.15) is 4.98 Å². The summed E-state index contributed by atoms with van der Waals surface area (Å²) in [5.74, 6) is 2.27.